The van der Waals surface area contributed by atoms with Crippen LogP contribution >= 0.6 is 0 Å². The number of likely N-dealkylation sites (tertiary alicyclic amines) is 2. The minimum Gasteiger partial charge on any atom is -0.349 e. The van der Waals surface area contributed by atoms with Crippen LogP contribution in [0.25, 0.3) is 0 Å². The monoisotopic (exact) mass is 486 g/mol. The molecule has 2 amide bonds. The molecule has 6 heteroatoms. The minimum absolute atomic E-state index is 0.0636. The smallest absolute Gasteiger partial charge is 0.223 e. The maximum absolute atomic E-state index is 12.9. The summed E-state index contributed by atoms with van der Waals surface area (Å²) in [5.41, 5.74) is 3.55. The van der Waals surface area contributed by atoms with Gasteiger partial charge in [-0.05, 0) is 67.3 Å². The lowest BCUT2D eigenvalue weighted by Gasteiger charge is -2.39. The fraction of sp³-hybridized carbons (Fsp3) is 0.500. The average molecular weight is 487 g/mol. The number of hydrogen-bond acceptors (Lipinski definition) is 4. The van der Waals surface area contributed by atoms with E-state index in [1.807, 2.05) is 24.4 Å². The molecule has 6 nitrogen and oxygen atoms in total. The van der Waals surface area contributed by atoms with E-state index in [1.54, 1.807) is 7.05 Å². The Morgan fingerprint density at radius 3 is 2.50 bits per heavy atom. The third kappa shape index (κ3) is 6.04. The number of nitrogens with zero attached hydrogens (tertiary/aromatic N) is 3. The van der Waals surface area contributed by atoms with Gasteiger partial charge < -0.3 is 15.1 Å². The molecule has 36 heavy (non-hydrogen) atoms. The summed E-state index contributed by atoms with van der Waals surface area (Å²) in [6.07, 6.45) is 7.60. The number of carbonyl (C=O) groups is 2. The Kier molecular flexibility index (Phi) is 7.51. The fourth-order valence-corrected chi connectivity index (χ4v) is 5.74. The summed E-state index contributed by atoms with van der Waals surface area (Å²) in [4.78, 5) is 34.0. The van der Waals surface area contributed by atoms with Gasteiger partial charge in [-0.25, -0.2) is 0 Å². The molecule has 1 atom stereocenters. The Bertz CT molecular complexity index is 1070. The van der Waals surface area contributed by atoms with E-state index in [1.165, 1.54) is 11.1 Å². The van der Waals surface area contributed by atoms with Gasteiger partial charge in [0.1, 0.15) is 0 Å². The number of aliphatic imine (C=N–C) groups is 1. The topological polar surface area (TPSA) is 65.0 Å². The lowest BCUT2D eigenvalue weighted by molar-refractivity contribution is -0.128. The molecule has 3 aliphatic rings. The number of benzene rings is 2. The molecule has 2 aromatic carbocycles. The van der Waals surface area contributed by atoms with Crippen LogP contribution in [0.1, 0.15) is 61.3 Å². The Labute approximate surface area is 214 Å². The molecule has 2 aromatic rings. The van der Waals surface area contributed by atoms with E-state index in [0.717, 1.165) is 63.8 Å². The predicted molar refractivity (Wildman–Crippen MR) is 143 cm³/mol. The van der Waals surface area contributed by atoms with E-state index in [0.29, 0.717) is 13.0 Å². The zero-order valence-electron chi connectivity index (χ0n) is 21.4. The van der Waals surface area contributed by atoms with Crippen LogP contribution < -0.4 is 5.32 Å². The van der Waals surface area contributed by atoms with Gasteiger partial charge in [0.15, 0.2) is 0 Å². The van der Waals surface area contributed by atoms with Gasteiger partial charge in [0, 0.05) is 45.2 Å². The second-order valence-electron chi connectivity index (χ2n) is 10.9. The van der Waals surface area contributed by atoms with E-state index in [9.17, 15) is 9.59 Å². The maximum Gasteiger partial charge on any atom is 0.223 e. The molecule has 2 aliphatic heterocycles. The molecule has 2 heterocycles. The van der Waals surface area contributed by atoms with Crippen molar-refractivity contribution in [3.05, 3.63) is 71.3 Å². The van der Waals surface area contributed by atoms with Crippen LogP contribution in [0.4, 0.5) is 0 Å². The molecule has 0 bridgehead atoms. The highest BCUT2D eigenvalue weighted by Crippen LogP contribution is 2.41. The van der Waals surface area contributed by atoms with E-state index in [2.05, 4.69) is 56.5 Å². The standard InChI is InChI=1S/C30H38N4O2/c1-31-20-23-7-9-24(10-8-23)21-34-22-30(19-28(34)35)14-17-33(18-15-30)16-13-27(25-5-3-2-4-6-25)32-29(36)26-11-12-26/h2-10,20,26-27H,11-19,21-22H2,1H3,(H,32,36)/t27-/m0/s1. The van der Waals surface area contributed by atoms with Gasteiger partial charge in [-0.3, -0.25) is 14.6 Å². The summed E-state index contributed by atoms with van der Waals surface area (Å²) in [7, 11) is 1.77. The van der Waals surface area contributed by atoms with Crippen molar-refractivity contribution in [2.75, 3.05) is 33.2 Å². The largest absolute Gasteiger partial charge is 0.349 e. The lowest BCUT2D eigenvalue weighted by Crippen LogP contribution is -2.42. The fourth-order valence-electron chi connectivity index (χ4n) is 5.74. The highest BCUT2D eigenvalue weighted by Gasteiger charge is 2.44. The first-order chi connectivity index (χ1) is 17.5. The minimum atomic E-state index is 0.0636. The van der Waals surface area contributed by atoms with Crippen LogP contribution in [0.3, 0.4) is 0 Å². The molecule has 5 rings (SSSR count). The zero-order valence-corrected chi connectivity index (χ0v) is 21.4. The van der Waals surface area contributed by atoms with Gasteiger partial charge >= 0.3 is 0 Å². The highest BCUT2D eigenvalue weighted by molar-refractivity contribution is 5.81. The van der Waals surface area contributed by atoms with Crippen LogP contribution in [-0.4, -0.2) is 61.1 Å². The number of piperidine rings is 1. The Morgan fingerprint density at radius 2 is 1.83 bits per heavy atom. The predicted octanol–water partition coefficient (Wildman–Crippen LogP) is 4.21. The number of amides is 2. The second-order valence-corrected chi connectivity index (χ2v) is 10.9. The van der Waals surface area contributed by atoms with E-state index < -0.39 is 0 Å². The number of rotatable bonds is 9. The Balaban J connectivity index is 1.13. The van der Waals surface area contributed by atoms with Gasteiger partial charge in [-0.2, -0.15) is 0 Å². The first-order valence-corrected chi connectivity index (χ1v) is 13.4. The van der Waals surface area contributed by atoms with Crippen molar-refractivity contribution in [2.45, 2.75) is 51.1 Å². The summed E-state index contributed by atoms with van der Waals surface area (Å²) in [5, 5.41) is 3.30. The summed E-state index contributed by atoms with van der Waals surface area (Å²) in [5.74, 6) is 0.714. The molecular weight excluding hydrogens is 448 g/mol. The zero-order chi connectivity index (χ0) is 25.0. The van der Waals surface area contributed by atoms with Crippen LogP contribution in [0, 0.1) is 11.3 Å². The lowest BCUT2D eigenvalue weighted by atomic mass is 9.77. The van der Waals surface area contributed by atoms with Crippen LogP contribution in [0.2, 0.25) is 0 Å². The van der Waals surface area contributed by atoms with E-state index in [-0.39, 0.29) is 29.2 Å². The van der Waals surface area contributed by atoms with Gasteiger partial charge in [-0.15, -0.1) is 0 Å². The van der Waals surface area contributed by atoms with Crippen LogP contribution in [0.15, 0.2) is 59.6 Å². The van der Waals surface area contributed by atoms with E-state index in [4.69, 9.17) is 0 Å². The molecule has 0 radical (unpaired) electrons. The van der Waals surface area contributed by atoms with Gasteiger partial charge in [0.05, 0.1) is 6.04 Å². The summed E-state index contributed by atoms with van der Waals surface area (Å²) >= 11 is 0. The van der Waals surface area contributed by atoms with Crippen molar-refractivity contribution < 1.29 is 9.59 Å². The molecule has 1 spiro atoms. The Hall–Kier alpha value is -2.99. The second kappa shape index (κ2) is 11.0. The van der Waals surface area contributed by atoms with Crippen molar-refractivity contribution >= 4 is 18.0 Å². The summed E-state index contributed by atoms with van der Waals surface area (Å²) in [6.45, 7) is 4.55. The van der Waals surface area contributed by atoms with Crippen LogP contribution in [-0.2, 0) is 16.1 Å². The third-order valence-corrected chi connectivity index (χ3v) is 8.15. The van der Waals surface area contributed by atoms with Crippen molar-refractivity contribution in [2.24, 2.45) is 16.3 Å². The highest BCUT2D eigenvalue weighted by atomic mass is 16.2. The normalized spacial score (nSPS) is 20.8. The number of hydrogen-bond donors (Lipinski definition) is 1. The number of carbonyl (C=O) groups excluding carboxylic acids is 2. The molecule has 0 unspecified atom stereocenters. The molecule has 2 saturated heterocycles. The van der Waals surface area contributed by atoms with Crippen LogP contribution in [0.5, 0.6) is 0 Å². The first-order valence-electron chi connectivity index (χ1n) is 13.4. The van der Waals surface area contributed by atoms with Crippen molar-refractivity contribution in [1.82, 2.24) is 15.1 Å². The molecule has 190 valence electrons. The van der Waals surface area contributed by atoms with Crippen molar-refractivity contribution in [1.29, 1.82) is 0 Å². The average Bonchev–Trinajstić information content (AvgIpc) is 3.70. The van der Waals surface area contributed by atoms with E-state index >= 15 is 0 Å². The molecule has 1 aliphatic carbocycles. The first kappa shape index (κ1) is 24.7. The molecule has 3 fully saturated rings. The number of nitrogens with one attached hydrogen (secondary N) is 1. The SMILES string of the molecule is CN=Cc1ccc(CN2CC3(CCN(CC[C@H](NC(=O)C4CC4)c4ccccc4)CC3)CC2=O)cc1. The molecule has 0 aromatic heterocycles. The third-order valence-electron chi connectivity index (χ3n) is 8.15. The Morgan fingerprint density at radius 1 is 1.11 bits per heavy atom. The molecule has 1 saturated carbocycles. The van der Waals surface area contributed by atoms with Gasteiger partial charge in [0.25, 0.3) is 0 Å². The van der Waals surface area contributed by atoms with Gasteiger partial charge in [0.2, 0.25) is 11.8 Å². The van der Waals surface area contributed by atoms with Gasteiger partial charge in [-0.1, -0.05) is 54.6 Å². The van der Waals surface area contributed by atoms with Crippen molar-refractivity contribution in [3.8, 4) is 0 Å². The summed E-state index contributed by atoms with van der Waals surface area (Å²) < 4.78 is 0. The quantitative estimate of drug-likeness (QED) is 0.540. The van der Waals surface area contributed by atoms with Crippen molar-refractivity contribution in [3.63, 3.8) is 0 Å². The molecule has 1 N–H and O–H groups in total. The summed E-state index contributed by atoms with van der Waals surface area (Å²) in [6, 6.07) is 18.7. The molecular formula is C30H38N4O2. The maximum atomic E-state index is 12.9.